The Bertz CT molecular complexity index is 1950. The summed E-state index contributed by atoms with van der Waals surface area (Å²) < 4.78 is 24.6. The molecule has 1 amide bonds. The molecule has 1 saturated heterocycles. The van der Waals surface area contributed by atoms with Crippen LogP contribution in [0.1, 0.15) is 63.2 Å². The van der Waals surface area contributed by atoms with Crippen LogP contribution in [0.5, 0.6) is 11.5 Å². The van der Waals surface area contributed by atoms with Crippen LogP contribution < -0.4 is 14.8 Å². The summed E-state index contributed by atoms with van der Waals surface area (Å²) in [5.41, 5.74) is 7.95. The zero-order valence-electron chi connectivity index (χ0n) is 28.5. The Morgan fingerprint density at radius 3 is 2.30 bits per heavy atom. The third-order valence-electron chi connectivity index (χ3n) is 9.74. The Balaban J connectivity index is 1.06. The van der Waals surface area contributed by atoms with Crippen LogP contribution in [0.3, 0.4) is 0 Å². The normalized spacial score (nSPS) is 20.6. The number of rotatable bonds is 10. The average molecular weight is 675 g/mol. The van der Waals surface area contributed by atoms with Gasteiger partial charge in [0.1, 0.15) is 5.69 Å². The number of fused-ring (bicyclic) bond motifs is 2. The molecule has 50 heavy (non-hydrogen) atoms. The van der Waals surface area contributed by atoms with E-state index >= 15 is 0 Å². The molecule has 0 spiro atoms. The van der Waals surface area contributed by atoms with E-state index in [2.05, 4.69) is 39.2 Å². The summed E-state index contributed by atoms with van der Waals surface area (Å²) >= 11 is 0. The average Bonchev–Trinajstić information content (AvgIpc) is 3.17. The number of aliphatic hydroxyl groups excluding tert-OH is 1. The van der Waals surface area contributed by atoms with Crippen LogP contribution in [-0.2, 0) is 35.6 Å². The van der Waals surface area contributed by atoms with Crippen molar-refractivity contribution in [3.05, 3.63) is 130 Å². The molecule has 5 aromatic rings. The summed E-state index contributed by atoms with van der Waals surface area (Å²) in [6.07, 6.45) is 1.50. The maximum Gasteiger partial charge on any atom is 0.271 e. The lowest BCUT2D eigenvalue weighted by molar-refractivity contribution is -0.276. The number of benzene rings is 4. The monoisotopic (exact) mass is 674 g/mol. The van der Waals surface area contributed by atoms with Gasteiger partial charge in [-0.25, -0.2) is 4.98 Å². The number of amides is 1. The van der Waals surface area contributed by atoms with Gasteiger partial charge < -0.3 is 29.4 Å². The number of carbonyl (C=O) groups is 1. The van der Waals surface area contributed by atoms with E-state index in [1.807, 2.05) is 72.8 Å². The summed E-state index contributed by atoms with van der Waals surface area (Å²) in [4.78, 5) is 24.1. The third-order valence-corrected chi connectivity index (χ3v) is 9.74. The first-order chi connectivity index (χ1) is 24.4. The van der Waals surface area contributed by atoms with E-state index in [-0.39, 0.29) is 36.3 Å². The Kier molecular flexibility index (Phi) is 10.0. The summed E-state index contributed by atoms with van der Waals surface area (Å²) in [6, 6.07) is 27.6. The topological polar surface area (TPSA) is 115 Å². The molecule has 4 aromatic carbocycles. The molecule has 10 nitrogen and oxygen atoms in total. The van der Waals surface area contributed by atoms with Gasteiger partial charge >= 0.3 is 0 Å². The van der Waals surface area contributed by atoms with E-state index in [0.717, 1.165) is 65.3 Å². The van der Waals surface area contributed by atoms with Crippen LogP contribution in [-0.4, -0.2) is 59.3 Å². The van der Waals surface area contributed by atoms with Crippen molar-refractivity contribution in [3.8, 4) is 11.5 Å². The van der Waals surface area contributed by atoms with E-state index in [1.165, 1.54) is 17.3 Å². The zero-order chi connectivity index (χ0) is 34.6. The van der Waals surface area contributed by atoms with Gasteiger partial charge in [-0.2, -0.15) is 0 Å². The molecule has 0 radical (unpaired) electrons. The van der Waals surface area contributed by atoms with Gasteiger partial charge in [-0.1, -0.05) is 67.6 Å². The second-order valence-electron chi connectivity index (χ2n) is 13.0. The molecule has 2 aliphatic heterocycles. The smallest absolute Gasteiger partial charge is 0.271 e. The van der Waals surface area contributed by atoms with Crippen LogP contribution in [0.25, 0.3) is 11.0 Å². The molecule has 0 unspecified atom stereocenters. The van der Waals surface area contributed by atoms with Crippen molar-refractivity contribution in [2.75, 3.05) is 27.3 Å². The minimum Gasteiger partial charge on any atom is -0.493 e. The molecule has 1 fully saturated rings. The van der Waals surface area contributed by atoms with Crippen molar-refractivity contribution in [2.45, 2.75) is 51.5 Å². The van der Waals surface area contributed by atoms with Gasteiger partial charge in [0.2, 0.25) is 0 Å². The molecule has 0 aliphatic carbocycles. The van der Waals surface area contributed by atoms with Crippen molar-refractivity contribution in [3.63, 3.8) is 0 Å². The Hall–Kier alpha value is -4.87. The van der Waals surface area contributed by atoms with Crippen molar-refractivity contribution >= 4 is 16.9 Å². The minimum absolute atomic E-state index is 0.00866. The van der Waals surface area contributed by atoms with E-state index < -0.39 is 6.29 Å². The zero-order valence-corrected chi connectivity index (χ0v) is 28.5. The van der Waals surface area contributed by atoms with Gasteiger partial charge in [-0.3, -0.25) is 14.7 Å². The number of methoxy groups -OCH3 is 2. The lowest BCUT2D eigenvalue weighted by Crippen LogP contribution is -2.45. The number of aliphatic hydroxyl groups is 1. The number of para-hydroxylation sites is 2. The standard InChI is InChI=1S/C40H42N4O6/c1-25-37(23-44-17-16-30-18-35(47-2)36(48-3)19-31(30)22-44)49-40(50-38(25)28-12-10-27(24-45)11-13-28)29-14-8-26(9-15-29)20-42-39(46)34-21-41-32-6-4-5-7-33(32)43-34/h4-15,18-19,21,25,37-38,40,45H,16-17,20,22-24H2,1-3H3,(H,42,46)/t25-,37+,38+,40+/m0/s1. The highest BCUT2D eigenvalue weighted by molar-refractivity contribution is 5.93. The Morgan fingerprint density at radius 2 is 1.58 bits per heavy atom. The van der Waals surface area contributed by atoms with Gasteiger partial charge in [-0.05, 0) is 58.5 Å². The highest BCUT2D eigenvalue weighted by Crippen LogP contribution is 2.42. The predicted molar refractivity (Wildman–Crippen MR) is 189 cm³/mol. The fourth-order valence-electron chi connectivity index (χ4n) is 6.81. The van der Waals surface area contributed by atoms with Crippen LogP contribution >= 0.6 is 0 Å². The highest BCUT2D eigenvalue weighted by atomic mass is 16.7. The molecule has 2 N–H and O–H groups in total. The van der Waals surface area contributed by atoms with Gasteiger partial charge in [-0.15, -0.1) is 0 Å². The number of carbonyl (C=O) groups excluding carboxylic acids is 1. The minimum atomic E-state index is -0.586. The van der Waals surface area contributed by atoms with E-state index in [0.29, 0.717) is 12.1 Å². The second-order valence-corrected chi connectivity index (χ2v) is 13.0. The van der Waals surface area contributed by atoms with Crippen LogP contribution in [0.15, 0.2) is 91.1 Å². The van der Waals surface area contributed by atoms with Crippen molar-refractivity contribution in [1.82, 2.24) is 20.2 Å². The maximum absolute atomic E-state index is 12.9. The van der Waals surface area contributed by atoms with Crippen molar-refractivity contribution in [2.24, 2.45) is 5.92 Å². The lowest BCUT2D eigenvalue weighted by atomic mass is 9.89. The molecule has 7 rings (SSSR count). The molecule has 3 heterocycles. The van der Waals surface area contributed by atoms with E-state index in [9.17, 15) is 9.90 Å². The van der Waals surface area contributed by atoms with E-state index in [1.54, 1.807) is 14.2 Å². The first-order valence-corrected chi connectivity index (χ1v) is 17.0. The van der Waals surface area contributed by atoms with Gasteiger partial charge in [0.15, 0.2) is 17.8 Å². The number of hydrogen-bond acceptors (Lipinski definition) is 9. The van der Waals surface area contributed by atoms with Crippen LogP contribution in [0.2, 0.25) is 0 Å². The Morgan fingerprint density at radius 1 is 0.900 bits per heavy atom. The Labute approximate surface area is 292 Å². The number of nitrogens with one attached hydrogen (secondary N) is 1. The number of nitrogens with zero attached hydrogens (tertiary/aromatic N) is 3. The fourth-order valence-corrected chi connectivity index (χ4v) is 6.81. The summed E-state index contributed by atoms with van der Waals surface area (Å²) in [6.45, 7) is 4.94. The summed E-state index contributed by atoms with van der Waals surface area (Å²) in [7, 11) is 3.33. The second kappa shape index (κ2) is 14.9. The fraction of sp³-hybridized carbons (Fsp3) is 0.325. The SMILES string of the molecule is COc1cc2c(cc1OC)CN(C[C@H]1O[C@@H](c3ccc(CNC(=O)c4cnc5ccccc5n4)cc3)O[C@@H](c3ccc(CO)cc3)[C@H]1C)CC2. The largest absolute Gasteiger partial charge is 0.493 e. The molecule has 4 atom stereocenters. The molecule has 2 aliphatic rings. The molecule has 10 heteroatoms. The first kappa shape index (κ1) is 33.6. The first-order valence-electron chi connectivity index (χ1n) is 17.0. The molecule has 0 saturated carbocycles. The number of aromatic nitrogens is 2. The van der Waals surface area contributed by atoms with Crippen molar-refractivity contribution < 1.29 is 28.8 Å². The number of hydrogen-bond donors (Lipinski definition) is 2. The quantitative estimate of drug-likeness (QED) is 0.186. The van der Waals surface area contributed by atoms with Crippen molar-refractivity contribution in [1.29, 1.82) is 0 Å². The van der Waals surface area contributed by atoms with Crippen LogP contribution in [0, 0.1) is 5.92 Å². The molecular formula is C40H42N4O6. The summed E-state index contributed by atoms with van der Waals surface area (Å²) in [5.74, 6) is 1.27. The third kappa shape index (κ3) is 7.20. The lowest BCUT2D eigenvalue weighted by Gasteiger charge is -2.43. The number of ether oxygens (including phenoxy) is 4. The molecule has 258 valence electrons. The molecule has 0 bridgehead atoms. The van der Waals surface area contributed by atoms with Gasteiger partial charge in [0.25, 0.3) is 5.91 Å². The van der Waals surface area contributed by atoms with Gasteiger partial charge in [0.05, 0.1) is 50.3 Å². The highest BCUT2D eigenvalue weighted by Gasteiger charge is 2.39. The predicted octanol–water partition coefficient (Wildman–Crippen LogP) is 5.92. The maximum atomic E-state index is 12.9. The van der Waals surface area contributed by atoms with E-state index in [4.69, 9.17) is 18.9 Å². The molecule has 1 aromatic heterocycles. The summed E-state index contributed by atoms with van der Waals surface area (Å²) in [5, 5.41) is 12.6. The molecular weight excluding hydrogens is 632 g/mol. The van der Waals surface area contributed by atoms with Gasteiger partial charge in [0, 0.05) is 37.7 Å². The van der Waals surface area contributed by atoms with Crippen LogP contribution in [0.4, 0.5) is 0 Å².